The Morgan fingerprint density at radius 1 is 1.06 bits per heavy atom. The van der Waals surface area contributed by atoms with Gasteiger partial charge in [-0.15, -0.1) is 0 Å². The van der Waals surface area contributed by atoms with Crippen molar-refractivity contribution in [1.82, 2.24) is 25.9 Å². The van der Waals surface area contributed by atoms with Gasteiger partial charge in [-0.25, -0.2) is 0 Å². The minimum absolute atomic E-state index is 0.00315. The number of nitrogens with zero attached hydrogens (tertiary/aromatic N) is 2. The predicted octanol–water partition coefficient (Wildman–Crippen LogP) is -3.14. The highest BCUT2D eigenvalue weighted by Crippen LogP contribution is 2.46. The van der Waals surface area contributed by atoms with Crippen LogP contribution in [0.25, 0.3) is 0 Å². The van der Waals surface area contributed by atoms with Gasteiger partial charge in [0, 0.05) is 44.5 Å². The summed E-state index contributed by atoms with van der Waals surface area (Å²) in [5.74, 6) is -2.22. The zero-order chi connectivity index (χ0) is 23.8. The number of likely N-dealkylation sites (N-methyl/N-ethyl adjacent to an activating group) is 2. The van der Waals surface area contributed by atoms with Crippen molar-refractivity contribution in [2.45, 2.75) is 80.0 Å². The van der Waals surface area contributed by atoms with Crippen LogP contribution in [0.3, 0.4) is 0 Å². The number of nitrogens with one attached hydrogen (secondary N) is 3. The monoisotopic (exact) mass is 469 g/mol. The lowest BCUT2D eigenvalue weighted by molar-refractivity contribution is -0.482. The van der Waals surface area contributed by atoms with Crippen LogP contribution >= 0.6 is 0 Å². The summed E-state index contributed by atoms with van der Waals surface area (Å²) in [6, 6.07) is -1.35. The number of hydrogen-bond donors (Lipinski definition) is 7. The molecule has 0 bridgehead atoms. The van der Waals surface area contributed by atoms with Crippen molar-refractivity contribution in [2.24, 2.45) is 0 Å². The third-order valence-electron chi connectivity index (χ3n) is 6.94. The highest BCUT2D eigenvalue weighted by atomic mass is 16.8. The molecule has 2 saturated heterocycles. The molecule has 0 aromatic carbocycles. The van der Waals surface area contributed by atoms with Gasteiger partial charge in [0.05, 0.1) is 30.0 Å². The highest BCUT2D eigenvalue weighted by Gasteiger charge is 2.68. The number of ether oxygens (including phenoxy) is 3. The molecule has 10 unspecified atom stereocenters. The minimum Gasteiger partial charge on any atom is -0.390 e. The Bertz CT molecular complexity index is 794. The normalized spacial score (nSPS) is 45.3. The summed E-state index contributed by atoms with van der Waals surface area (Å²) >= 11 is 0. The van der Waals surface area contributed by atoms with Crippen molar-refractivity contribution >= 4 is 0 Å². The maximum Gasteiger partial charge on any atom is 0.249 e. The second-order valence-electron chi connectivity index (χ2n) is 9.13. The SMILES string of the molecule is CNC1C(O)C(NC)C2OC3(O)C(OC(C)CC3(O)CNCCc3cnccn3)OC2C1O. The molecule has 1 aliphatic carbocycles. The lowest BCUT2D eigenvalue weighted by Crippen LogP contribution is -2.81. The zero-order valence-electron chi connectivity index (χ0n) is 19.1. The second-order valence-corrected chi connectivity index (χ2v) is 9.13. The quantitative estimate of drug-likeness (QED) is 0.201. The smallest absolute Gasteiger partial charge is 0.249 e. The molecule has 2 aliphatic heterocycles. The number of aliphatic hydroxyl groups is 4. The molecular formula is C21H35N5O7. The van der Waals surface area contributed by atoms with Crippen LogP contribution in [0.5, 0.6) is 0 Å². The molecule has 0 spiro atoms. The van der Waals surface area contributed by atoms with Gasteiger partial charge in [0.2, 0.25) is 12.1 Å². The van der Waals surface area contributed by atoms with Crippen molar-refractivity contribution in [2.75, 3.05) is 27.2 Å². The summed E-state index contributed by atoms with van der Waals surface area (Å²) in [5, 5.41) is 53.8. The van der Waals surface area contributed by atoms with Crippen LogP contribution < -0.4 is 16.0 Å². The number of aromatic nitrogens is 2. The molecule has 3 heterocycles. The fraction of sp³-hybridized carbons (Fsp3) is 0.810. The zero-order valence-corrected chi connectivity index (χ0v) is 19.1. The van der Waals surface area contributed by atoms with Crippen LogP contribution in [0, 0.1) is 0 Å². The average molecular weight is 470 g/mol. The van der Waals surface area contributed by atoms with E-state index >= 15 is 0 Å². The van der Waals surface area contributed by atoms with E-state index in [0.29, 0.717) is 13.0 Å². The number of hydrogen-bond acceptors (Lipinski definition) is 12. The van der Waals surface area contributed by atoms with Crippen molar-refractivity contribution < 1.29 is 34.6 Å². The van der Waals surface area contributed by atoms with Gasteiger partial charge in [0.15, 0.2) is 0 Å². The summed E-state index contributed by atoms with van der Waals surface area (Å²) in [7, 11) is 3.28. The van der Waals surface area contributed by atoms with Gasteiger partial charge in [-0.3, -0.25) is 9.97 Å². The van der Waals surface area contributed by atoms with E-state index in [1.54, 1.807) is 39.6 Å². The molecule has 0 amide bonds. The summed E-state index contributed by atoms with van der Waals surface area (Å²) < 4.78 is 17.9. The summed E-state index contributed by atoms with van der Waals surface area (Å²) in [5.41, 5.74) is -0.952. The predicted molar refractivity (Wildman–Crippen MR) is 115 cm³/mol. The standard InChI is InChI=1S/C21H35N5O7/c1-11-8-20(29,10-25-5-4-12-9-24-6-7-26-12)21(30)19(31-11)32-18-16(28)13(22-2)15(27)14(23-3)17(18)33-21/h6-7,9,11,13-19,22-23,25,27-30H,4-5,8,10H2,1-3H3. The molecule has 186 valence electrons. The van der Waals surface area contributed by atoms with Gasteiger partial charge in [-0.05, 0) is 21.0 Å². The van der Waals surface area contributed by atoms with Crippen molar-refractivity contribution in [1.29, 1.82) is 0 Å². The Morgan fingerprint density at radius 2 is 1.82 bits per heavy atom. The fourth-order valence-electron chi connectivity index (χ4n) is 5.20. The van der Waals surface area contributed by atoms with Crippen molar-refractivity contribution in [3.63, 3.8) is 0 Å². The summed E-state index contributed by atoms with van der Waals surface area (Å²) in [6.45, 7) is 2.26. The van der Waals surface area contributed by atoms with Gasteiger partial charge >= 0.3 is 0 Å². The first-order chi connectivity index (χ1) is 15.7. The van der Waals surface area contributed by atoms with Crippen LogP contribution in [0.1, 0.15) is 19.0 Å². The molecule has 1 saturated carbocycles. The Morgan fingerprint density at radius 3 is 2.48 bits per heavy atom. The van der Waals surface area contributed by atoms with E-state index in [0.717, 1.165) is 5.69 Å². The van der Waals surface area contributed by atoms with E-state index in [2.05, 4.69) is 25.9 Å². The van der Waals surface area contributed by atoms with Crippen LogP contribution in [0.4, 0.5) is 0 Å². The topological polar surface area (TPSA) is 170 Å². The summed E-state index contributed by atoms with van der Waals surface area (Å²) in [6.07, 6.45) is -0.176. The van der Waals surface area contributed by atoms with E-state index in [1.807, 2.05) is 0 Å². The molecule has 7 N–H and O–H groups in total. The van der Waals surface area contributed by atoms with E-state index < -0.39 is 60.3 Å². The van der Waals surface area contributed by atoms with E-state index in [9.17, 15) is 20.4 Å². The van der Waals surface area contributed by atoms with Gasteiger partial charge in [0.25, 0.3) is 0 Å². The third-order valence-corrected chi connectivity index (χ3v) is 6.94. The molecule has 0 radical (unpaired) electrons. The van der Waals surface area contributed by atoms with Crippen molar-refractivity contribution in [3.05, 3.63) is 24.3 Å². The van der Waals surface area contributed by atoms with Gasteiger partial charge < -0.3 is 50.6 Å². The Balaban J connectivity index is 1.52. The fourth-order valence-corrected chi connectivity index (χ4v) is 5.20. The number of aliphatic hydroxyl groups excluding tert-OH is 2. The largest absolute Gasteiger partial charge is 0.390 e. The molecule has 3 fully saturated rings. The molecule has 1 aromatic rings. The number of rotatable bonds is 7. The first-order valence-corrected chi connectivity index (χ1v) is 11.3. The molecule has 3 aliphatic rings. The molecule has 4 rings (SSSR count). The van der Waals surface area contributed by atoms with Gasteiger partial charge in [-0.1, -0.05) is 0 Å². The van der Waals surface area contributed by atoms with E-state index in [1.165, 1.54) is 0 Å². The molecular weight excluding hydrogens is 434 g/mol. The van der Waals surface area contributed by atoms with Crippen LogP contribution in [0.15, 0.2) is 18.6 Å². The van der Waals surface area contributed by atoms with E-state index in [4.69, 9.17) is 14.2 Å². The number of fused-ring (bicyclic) bond motifs is 2. The molecule has 12 nitrogen and oxygen atoms in total. The maximum absolute atomic E-state index is 11.6. The molecule has 12 heteroatoms. The van der Waals surface area contributed by atoms with Crippen LogP contribution in [-0.2, 0) is 20.6 Å². The highest BCUT2D eigenvalue weighted by molar-refractivity contribution is 5.12. The molecule has 10 atom stereocenters. The van der Waals surface area contributed by atoms with Crippen molar-refractivity contribution in [3.8, 4) is 0 Å². The first kappa shape index (κ1) is 24.8. The van der Waals surface area contributed by atoms with Crippen LogP contribution in [-0.4, -0.2) is 118 Å². The molecule has 33 heavy (non-hydrogen) atoms. The molecule has 1 aromatic heterocycles. The van der Waals surface area contributed by atoms with Gasteiger partial charge in [0.1, 0.15) is 23.9 Å². The van der Waals surface area contributed by atoms with E-state index in [-0.39, 0.29) is 13.0 Å². The Kier molecular flexibility index (Phi) is 7.32. The lowest BCUT2D eigenvalue weighted by Gasteiger charge is -2.60. The Labute approximate surface area is 192 Å². The minimum atomic E-state index is -2.22. The average Bonchev–Trinajstić information content (AvgIpc) is 2.78. The van der Waals surface area contributed by atoms with Gasteiger partial charge in [-0.2, -0.15) is 0 Å². The maximum atomic E-state index is 11.6. The second kappa shape index (κ2) is 9.74. The first-order valence-electron chi connectivity index (χ1n) is 11.3. The third kappa shape index (κ3) is 4.41. The summed E-state index contributed by atoms with van der Waals surface area (Å²) in [4.78, 5) is 8.26. The van der Waals surface area contributed by atoms with Crippen LogP contribution in [0.2, 0.25) is 0 Å². The Hall–Kier alpha value is -1.32. The lowest BCUT2D eigenvalue weighted by atomic mass is 9.77.